The van der Waals surface area contributed by atoms with Gasteiger partial charge in [0, 0.05) is 0 Å². The molecule has 1 aliphatic rings. The zero-order valence-electron chi connectivity index (χ0n) is 7.25. The molecule has 0 aromatic heterocycles. The Bertz CT molecular complexity index is 230. The summed E-state index contributed by atoms with van der Waals surface area (Å²) in [7, 11) is 0. The fraction of sp³-hybridized carbons (Fsp3) is 0.667. The van der Waals surface area contributed by atoms with Crippen LogP contribution in [0.4, 0.5) is 0 Å². The fourth-order valence-electron chi connectivity index (χ4n) is 0.669. The summed E-state index contributed by atoms with van der Waals surface area (Å²) in [6, 6.07) is 0. The summed E-state index contributed by atoms with van der Waals surface area (Å²) in [5.74, 6) is -1.17. The van der Waals surface area contributed by atoms with E-state index in [4.69, 9.17) is 5.11 Å². The highest BCUT2D eigenvalue weighted by Crippen LogP contribution is 2.09. The zero-order chi connectivity index (χ0) is 9.35. The van der Waals surface area contributed by atoms with Crippen LogP contribution in [-0.4, -0.2) is 27.6 Å². The van der Waals surface area contributed by atoms with Gasteiger partial charge in [-0.15, -0.1) is 10.2 Å². The summed E-state index contributed by atoms with van der Waals surface area (Å²) in [5, 5.41) is 13.6. The molecule has 68 valence electrons. The summed E-state index contributed by atoms with van der Waals surface area (Å²) in [4.78, 5) is 10.4. The normalized spacial score (nSPS) is 18.1. The van der Waals surface area contributed by atoms with Crippen LogP contribution in [0.2, 0.25) is 0 Å². The van der Waals surface area contributed by atoms with Crippen molar-refractivity contribution in [2.75, 3.05) is 0 Å². The fourth-order valence-corrected chi connectivity index (χ4v) is 0.669. The number of carboxylic acid groups (broad SMARTS) is 1. The summed E-state index contributed by atoms with van der Waals surface area (Å²) in [6.07, 6.45) is 0. The summed E-state index contributed by atoms with van der Waals surface area (Å²) < 4.78 is 0. The number of carboxylic acids is 1. The van der Waals surface area contributed by atoms with Gasteiger partial charge >= 0.3 is 5.97 Å². The highest BCUT2D eigenvalue weighted by molar-refractivity contribution is 6.34. The molecule has 3 N–H and O–H groups in total. The summed E-state index contributed by atoms with van der Waals surface area (Å²) in [5.41, 5.74) is 4.94. The number of carbonyl (C=O) groups is 1. The molecule has 0 aliphatic carbocycles. The van der Waals surface area contributed by atoms with Crippen LogP contribution in [0.25, 0.3) is 0 Å². The van der Waals surface area contributed by atoms with E-state index in [0.717, 1.165) is 0 Å². The van der Waals surface area contributed by atoms with Gasteiger partial charge in [-0.25, -0.2) is 10.3 Å². The minimum absolute atomic E-state index is 0.0927. The van der Waals surface area contributed by atoms with Gasteiger partial charge in [0.25, 0.3) is 0 Å². The van der Waals surface area contributed by atoms with Gasteiger partial charge in [0.2, 0.25) is 5.84 Å². The molecule has 0 radical (unpaired) electrons. The number of hydrogen-bond donors (Lipinski definition) is 3. The Morgan fingerprint density at radius 1 is 1.58 bits per heavy atom. The molecule has 0 aromatic carbocycles. The number of amidine groups is 1. The molecule has 1 rings (SSSR count). The third kappa shape index (κ3) is 1.65. The minimum atomic E-state index is -1.07. The van der Waals surface area contributed by atoms with E-state index in [1.54, 1.807) is 0 Å². The van der Waals surface area contributed by atoms with Crippen LogP contribution >= 0.6 is 0 Å². The van der Waals surface area contributed by atoms with Gasteiger partial charge in [-0.1, -0.05) is 0 Å². The molecular weight excluding hydrogens is 160 g/mol. The second kappa shape index (κ2) is 2.63. The first kappa shape index (κ1) is 8.79. The molecule has 0 amide bonds. The summed E-state index contributed by atoms with van der Waals surface area (Å²) in [6.45, 7) is 5.77. The van der Waals surface area contributed by atoms with E-state index in [-0.39, 0.29) is 11.4 Å². The Kier molecular flexibility index (Phi) is 1.93. The molecule has 12 heavy (non-hydrogen) atoms. The predicted molar refractivity (Wildman–Crippen MR) is 42.9 cm³/mol. The van der Waals surface area contributed by atoms with Gasteiger partial charge in [-0.05, 0) is 20.8 Å². The van der Waals surface area contributed by atoms with Gasteiger partial charge in [-0.2, -0.15) is 0 Å². The number of nitrogens with zero attached hydrogens (tertiary/aromatic N) is 2. The molecule has 0 saturated heterocycles. The van der Waals surface area contributed by atoms with Crippen LogP contribution < -0.4 is 11.0 Å². The van der Waals surface area contributed by atoms with Gasteiger partial charge in [-0.3, -0.25) is 5.43 Å². The molecule has 0 atom stereocenters. The lowest BCUT2D eigenvalue weighted by Gasteiger charge is -2.29. The van der Waals surface area contributed by atoms with E-state index in [2.05, 4.69) is 16.1 Å². The van der Waals surface area contributed by atoms with Gasteiger partial charge in [0.05, 0.1) is 5.54 Å². The average molecular weight is 172 g/mol. The maximum Gasteiger partial charge on any atom is 0.374 e. The topological polar surface area (TPSA) is 77.0 Å². The van der Waals surface area contributed by atoms with Crippen molar-refractivity contribution in [3.05, 3.63) is 0 Å². The molecule has 0 spiro atoms. The number of aliphatic carboxylic acids is 1. The Labute approximate surface area is 70.2 Å². The third-order valence-corrected chi connectivity index (χ3v) is 1.35. The van der Waals surface area contributed by atoms with Crippen molar-refractivity contribution >= 4 is 11.8 Å². The number of rotatable bonds is 1. The molecule has 1 heterocycles. The SMILES string of the molecule is CC(C)(C)N1NN=C(C(=O)O)N1. The van der Waals surface area contributed by atoms with Crippen LogP contribution in [0.3, 0.4) is 0 Å². The number of nitrogens with one attached hydrogen (secondary N) is 2. The second-order valence-corrected chi connectivity index (χ2v) is 3.48. The van der Waals surface area contributed by atoms with Crippen LogP contribution in [-0.2, 0) is 4.79 Å². The van der Waals surface area contributed by atoms with Crippen LogP contribution in [0.1, 0.15) is 20.8 Å². The average Bonchev–Trinajstić information content (AvgIpc) is 2.30. The second-order valence-electron chi connectivity index (χ2n) is 3.48. The summed E-state index contributed by atoms with van der Waals surface area (Å²) >= 11 is 0. The van der Waals surface area contributed by atoms with E-state index in [0.29, 0.717) is 0 Å². The highest BCUT2D eigenvalue weighted by atomic mass is 16.4. The third-order valence-electron chi connectivity index (χ3n) is 1.35. The Morgan fingerprint density at radius 3 is 2.42 bits per heavy atom. The van der Waals surface area contributed by atoms with Gasteiger partial charge in [0.1, 0.15) is 0 Å². The molecule has 6 nitrogen and oxygen atoms in total. The first-order valence-electron chi connectivity index (χ1n) is 3.55. The quantitative estimate of drug-likeness (QED) is 0.497. The maximum absolute atomic E-state index is 10.4. The predicted octanol–water partition coefficient (Wildman–Crippen LogP) is -0.492. The first-order chi connectivity index (χ1) is 5.41. The Balaban J connectivity index is 2.59. The van der Waals surface area contributed by atoms with Crippen LogP contribution in [0, 0.1) is 0 Å². The van der Waals surface area contributed by atoms with Crippen molar-refractivity contribution in [3.63, 3.8) is 0 Å². The zero-order valence-corrected chi connectivity index (χ0v) is 7.25. The van der Waals surface area contributed by atoms with Crippen LogP contribution in [0.5, 0.6) is 0 Å². The number of hydrazone groups is 1. The monoisotopic (exact) mass is 172 g/mol. The van der Waals surface area contributed by atoms with E-state index < -0.39 is 5.97 Å². The van der Waals surface area contributed by atoms with E-state index in [1.165, 1.54) is 5.12 Å². The van der Waals surface area contributed by atoms with Crippen molar-refractivity contribution in [1.82, 2.24) is 16.1 Å². The first-order valence-corrected chi connectivity index (χ1v) is 3.55. The number of hydrogen-bond acceptors (Lipinski definition) is 5. The standard InChI is InChI=1S/C6H12N4O2/c1-6(2,3)10-8-4(5(11)12)7-9-10/h9H,1-3H3,(H,7,8)(H,11,12). The molecule has 0 fully saturated rings. The van der Waals surface area contributed by atoms with Crippen molar-refractivity contribution in [1.29, 1.82) is 0 Å². The van der Waals surface area contributed by atoms with Crippen molar-refractivity contribution in [2.45, 2.75) is 26.3 Å². The molecule has 0 unspecified atom stereocenters. The van der Waals surface area contributed by atoms with E-state index >= 15 is 0 Å². The molecule has 0 saturated carbocycles. The molecular formula is C6H12N4O2. The van der Waals surface area contributed by atoms with Crippen molar-refractivity contribution < 1.29 is 9.90 Å². The lowest BCUT2D eigenvalue weighted by Crippen LogP contribution is -2.53. The van der Waals surface area contributed by atoms with E-state index in [1.807, 2.05) is 20.8 Å². The molecule has 0 aromatic rings. The minimum Gasteiger partial charge on any atom is -0.475 e. The maximum atomic E-state index is 10.4. The molecule has 6 heteroatoms. The smallest absolute Gasteiger partial charge is 0.374 e. The Morgan fingerprint density at radius 2 is 2.17 bits per heavy atom. The van der Waals surface area contributed by atoms with Crippen LogP contribution in [0.15, 0.2) is 5.10 Å². The van der Waals surface area contributed by atoms with E-state index in [9.17, 15) is 4.79 Å². The highest BCUT2D eigenvalue weighted by Gasteiger charge is 2.28. The molecule has 0 bridgehead atoms. The van der Waals surface area contributed by atoms with Crippen molar-refractivity contribution in [2.24, 2.45) is 5.10 Å². The van der Waals surface area contributed by atoms with Gasteiger partial charge < -0.3 is 5.11 Å². The largest absolute Gasteiger partial charge is 0.475 e. The van der Waals surface area contributed by atoms with Gasteiger partial charge in [0.15, 0.2) is 0 Å². The lowest BCUT2D eigenvalue weighted by atomic mass is 10.1. The Hall–Kier alpha value is -1.30. The number of hydrazine groups is 2. The molecule has 1 aliphatic heterocycles. The van der Waals surface area contributed by atoms with Crippen molar-refractivity contribution in [3.8, 4) is 0 Å². The lowest BCUT2D eigenvalue weighted by molar-refractivity contribution is -0.129.